The maximum absolute atomic E-state index is 12.7. The van der Waals surface area contributed by atoms with E-state index in [0.29, 0.717) is 26.1 Å². The molecule has 1 atom stereocenters. The molecule has 0 bridgehead atoms. The topological polar surface area (TPSA) is 58.2 Å². The van der Waals surface area contributed by atoms with Crippen LogP contribution in [0.15, 0.2) is 55.0 Å². The first-order chi connectivity index (χ1) is 11.8. The average Bonchev–Trinajstić information content (AvgIpc) is 3.06. The molecule has 3 aromatic rings. The number of rotatable bonds is 3. The normalized spacial score (nSPS) is 18.0. The van der Waals surface area contributed by atoms with Gasteiger partial charge in [-0.1, -0.05) is 18.2 Å². The van der Waals surface area contributed by atoms with Crippen LogP contribution in [-0.4, -0.2) is 40.5 Å². The maximum atomic E-state index is 12.7. The van der Waals surface area contributed by atoms with Crippen LogP contribution in [0.25, 0.3) is 10.9 Å². The van der Waals surface area contributed by atoms with Crippen molar-refractivity contribution in [3.63, 3.8) is 0 Å². The number of fused-ring (bicyclic) bond motifs is 1. The highest BCUT2D eigenvalue weighted by Gasteiger charge is 2.25. The van der Waals surface area contributed by atoms with Gasteiger partial charge in [0, 0.05) is 36.0 Å². The highest BCUT2D eigenvalue weighted by molar-refractivity contribution is 5.88. The summed E-state index contributed by atoms with van der Waals surface area (Å²) in [6.07, 6.45) is 5.78. The van der Waals surface area contributed by atoms with E-state index >= 15 is 0 Å². The first-order valence-electron chi connectivity index (χ1n) is 8.15. The van der Waals surface area contributed by atoms with Gasteiger partial charge in [0.1, 0.15) is 6.10 Å². The minimum absolute atomic E-state index is 0.0753. The highest BCUT2D eigenvalue weighted by Crippen LogP contribution is 2.23. The standard InChI is InChI=1S/C19H19N3O2/c23-19(11-15-12-21-17-4-2-1-3-16(15)17)22-9-10-24-18(13-22)14-5-7-20-8-6-14/h1-8,12,18,21H,9-11,13H2. The lowest BCUT2D eigenvalue weighted by molar-refractivity contribution is -0.138. The minimum atomic E-state index is -0.0753. The molecular weight excluding hydrogens is 302 g/mol. The van der Waals surface area contributed by atoms with Crippen molar-refractivity contribution in [2.75, 3.05) is 19.7 Å². The summed E-state index contributed by atoms with van der Waals surface area (Å²) in [7, 11) is 0. The van der Waals surface area contributed by atoms with Crippen molar-refractivity contribution in [2.24, 2.45) is 0 Å². The van der Waals surface area contributed by atoms with Crippen LogP contribution in [0.1, 0.15) is 17.2 Å². The van der Waals surface area contributed by atoms with Gasteiger partial charge in [0.15, 0.2) is 0 Å². The van der Waals surface area contributed by atoms with E-state index in [2.05, 4.69) is 9.97 Å². The summed E-state index contributed by atoms with van der Waals surface area (Å²) in [5.41, 5.74) is 3.18. The lowest BCUT2D eigenvalue weighted by atomic mass is 10.1. The molecule has 5 heteroatoms. The molecule has 1 saturated heterocycles. The second-order valence-corrected chi connectivity index (χ2v) is 6.02. The molecule has 0 saturated carbocycles. The fourth-order valence-corrected chi connectivity index (χ4v) is 3.21. The predicted molar refractivity (Wildman–Crippen MR) is 91.5 cm³/mol. The largest absolute Gasteiger partial charge is 0.370 e. The second-order valence-electron chi connectivity index (χ2n) is 6.02. The summed E-state index contributed by atoms with van der Waals surface area (Å²) in [6, 6.07) is 12.0. The molecule has 1 aliphatic heterocycles. The molecule has 5 nitrogen and oxygen atoms in total. The van der Waals surface area contributed by atoms with Crippen LogP contribution in [0.5, 0.6) is 0 Å². The molecule has 2 aromatic heterocycles. The zero-order valence-corrected chi connectivity index (χ0v) is 13.3. The molecule has 1 aliphatic rings. The van der Waals surface area contributed by atoms with Crippen molar-refractivity contribution in [3.05, 3.63) is 66.1 Å². The van der Waals surface area contributed by atoms with Gasteiger partial charge < -0.3 is 14.6 Å². The molecule has 1 unspecified atom stereocenters. The molecule has 122 valence electrons. The second kappa shape index (κ2) is 6.45. The Hall–Kier alpha value is -2.66. The number of para-hydroxylation sites is 1. The monoisotopic (exact) mass is 321 g/mol. The van der Waals surface area contributed by atoms with E-state index in [9.17, 15) is 4.79 Å². The number of benzene rings is 1. The summed E-state index contributed by atoms with van der Waals surface area (Å²) in [5.74, 6) is 0.141. The molecule has 0 radical (unpaired) electrons. The van der Waals surface area contributed by atoms with Crippen molar-refractivity contribution in [1.29, 1.82) is 0 Å². The first kappa shape index (κ1) is 14.9. The Morgan fingerprint density at radius 1 is 1.25 bits per heavy atom. The van der Waals surface area contributed by atoms with Crippen LogP contribution in [0.2, 0.25) is 0 Å². The van der Waals surface area contributed by atoms with E-state index in [1.165, 1.54) is 0 Å². The predicted octanol–water partition coefficient (Wildman–Crippen LogP) is 2.71. The van der Waals surface area contributed by atoms with Gasteiger partial charge in [-0.05, 0) is 29.3 Å². The van der Waals surface area contributed by atoms with Gasteiger partial charge in [-0.15, -0.1) is 0 Å². The summed E-state index contributed by atoms with van der Waals surface area (Å²) < 4.78 is 5.82. The molecule has 4 rings (SSSR count). The Balaban J connectivity index is 1.48. The number of H-pyrrole nitrogens is 1. The fourth-order valence-electron chi connectivity index (χ4n) is 3.21. The van der Waals surface area contributed by atoms with Gasteiger partial charge in [0.05, 0.1) is 19.6 Å². The Bertz CT molecular complexity index is 844. The van der Waals surface area contributed by atoms with E-state index in [1.807, 2.05) is 47.5 Å². The van der Waals surface area contributed by atoms with Gasteiger partial charge in [0.25, 0.3) is 0 Å². The number of carbonyl (C=O) groups excluding carboxylic acids is 1. The molecule has 1 fully saturated rings. The SMILES string of the molecule is O=C(Cc1c[nH]c2ccccc12)N1CCOC(c2ccncc2)C1. The van der Waals surface area contributed by atoms with Gasteiger partial charge in [-0.25, -0.2) is 0 Å². The summed E-state index contributed by atoms with van der Waals surface area (Å²) in [6.45, 7) is 1.79. The fraction of sp³-hybridized carbons (Fsp3) is 0.263. The third-order valence-electron chi connectivity index (χ3n) is 4.51. The van der Waals surface area contributed by atoms with Crippen LogP contribution in [0, 0.1) is 0 Å². The van der Waals surface area contributed by atoms with Gasteiger partial charge in [0.2, 0.25) is 5.91 Å². The Labute approximate surface area is 140 Å². The molecule has 1 N–H and O–H groups in total. The van der Waals surface area contributed by atoms with Crippen LogP contribution in [0.4, 0.5) is 0 Å². The van der Waals surface area contributed by atoms with Crippen LogP contribution in [0.3, 0.4) is 0 Å². The van der Waals surface area contributed by atoms with Gasteiger partial charge >= 0.3 is 0 Å². The van der Waals surface area contributed by atoms with Gasteiger partial charge in [-0.3, -0.25) is 9.78 Å². The van der Waals surface area contributed by atoms with Crippen LogP contribution >= 0.6 is 0 Å². The molecular formula is C19H19N3O2. The molecule has 0 spiro atoms. The van der Waals surface area contributed by atoms with E-state index in [0.717, 1.165) is 22.0 Å². The lowest BCUT2D eigenvalue weighted by Crippen LogP contribution is -2.42. The van der Waals surface area contributed by atoms with E-state index < -0.39 is 0 Å². The van der Waals surface area contributed by atoms with Gasteiger partial charge in [-0.2, -0.15) is 0 Å². The summed E-state index contributed by atoms with van der Waals surface area (Å²) >= 11 is 0. The quantitative estimate of drug-likeness (QED) is 0.807. The molecule has 3 heterocycles. The minimum Gasteiger partial charge on any atom is -0.370 e. The van der Waals surface area contributed by atoms with Crippen molar-refractivity contribution < 1.29 is 9.53 Å². The Morgan fingerprint density at radius 2 is 2.08 bits per heavy atom. The summed E-state index contributed by atoms with van der Waals surface area (Å²) in [4.78, 5) is 21.9. The number of morpholine rings is 1. The number of aromatic amines is 1. The number of hydrogen-bond donors (Lipinski definition) is 1. The van der Waals surface area contributed by atoms with E-state index in [1.54, 1.807) is 12.4 Å². The van der Waals surface area contributed by atoms with Crippen molar-refractivity contribution in [1.82, 2.24) is 14.9 Å². The van der Waals surface area contributed by atoms with Crippen LogP contribution < -0.4 is 0 Å². The van der Waals surface area contributed by atoms with Crippen molar-refractivity contribution in [2.45, 2.75) is 12.5 Å². The number of amides is 1. The zero-order chi connectivity index (χ0) is 16.4. The average molecular weight is 321 g/mol. The zero-order valence-electron chi connectivity index (χ0n) is 13.3. The molecule has 24 heavy (non-hydrogen) atoms. The van der Waals surface area contributed by atoms with E-state index in [-0.39, 0.29) is 12.0 Å². The van der Waals surface area contributed by atoms with E-state index in [4.69, 9.17) is 4.74 Å². The number of hydrogen-bond acceptors (Lipinski definition) is 3. The number of ether oxygens (including phenoxy) is 1. The highest BCUT2D eigenvalue weighted by atomic mass is 16.5. The number of aromatic nitrogens is 2. The Morgan fingerprint density at radius 3 is 2.96 bits per heavy atom. The molecule has 1 amide bonds. The molecule has 1 aromatic carbocycles. The third kappa shape index (κ3) is 2.90. The first-order valence-corrected chi connectivity index (χ1v) is 8.15. The number of pyridine rings is 1. The summed E-state index contributed by atoms with van der Waals surface area (Å²) in [5, 5.41) is 1.12. The number of carbonyl (C=O) groups is 1. The lowest BCUT2D eigenvalue weighted by Gasteiger charge is -2.33. The number of nitrogens with zero attached hydrogens (tertiary/aromatic N) is 2. The maximum Gasteiger partial charge on any atom is 0.227 e. The van der Waals surface area contributed by atoms with Crippen molar-refractivity contribution in [3.8, 4) is 0 Å². The smallest absolute Gasteiger partial charge is 0.227 e. The number of nitrogens with one attached hydrogen (secondary N) is 1. The third-order valence-corrected chi connectivity index (χ3v) is 4.51. The molecule has 0 aliphatic carbocycles. The van der Waals surface area contributed by atoms with Crippen LogP contribution in [-0.2, 0) is 16.0 Å². The Kier molecular flexibility index (Phi) is 4.01. The van der Waals surface area contributed by atoms with Crippen molar-refractivity contribution >= 4 is 16.8 Å².